The first-order valence-electron chi connectivity index (χ1n) is 9.98. The first-order chi connectivity index (χ1) is 13.6. The Kier molecular flexibility index (Phi) is 4.70. The predicted octanol–water partition coefficient (Wildman–Crippen LogP) is 3.09. The Morgan fingerprint density at radius 2 is 1.90 bits per heavy atom. The van der Waals surface area contributed by atoms with Crippen molar-refractivity contribution in [2.24, 2.45) is 23.7 Å². The molecule has 6 unspecified atom stereocenters. The van der Waals surface area contributed by atoms with E-state index < -0.39 is 65.2 Å². The van der Waals surface area contributed by atoms with Crippen LogP contribution in [-0.4, -0.2) is 41.9 Å². The number of hydrogen-bond acceptors (Lipinski definition) is 6. The average Bonchev–Trinajstić information content (AvgIpc) is 3.38. The van der Waals surface area contributed by atoms with Crippen molar-refractivity contribution in [3.8, 4) is 0 Å². The molecule has 9 heteroatoms. The van der Waals surface area contributed by atoms with Crippen molar-refractivity contribution in [3.05, 3.63) is 12.2 Å². The van der Waals surface area contributed by atoms with Crippen LogP contribution in [0.5, 0.6) is 0 Å². The van der Waals surface area contributed by atoms with Gasteiger partial charge in [-0.05, 0) is 38.5 Å². The smallest absolute Gasteiger partial charge is 0.422 e. The zero-order valence-electron chi connectivity index (χ0n) is 16.0. The molecule has 160 valence electrons. The monoisotopic (exact) mass is 416 g/mol. The summed E-state index contributed by atoms with van der Waals surface area (Å²) >= 11 is 0. The van der Waals surface area contributed by atoms with E-state index in [4.69, 9.17) is 14.2 Å². The molecule has 1 heterocycles. The second kappa shape index (κ2) is 6.74. The SMILES string of the molecule is C=C(C(=O)OC1C2CC3C1OC(=O)C3C2C(=O)OC1(CC)CCCC1)C(F)(F)F. The second-order valence-electron chi connectivity index (χ2n) is 8.53. The van der Waals surface area contributed by atoms with E-state index in [1.807, 2.05) is 6.92 Å². The van der Waals surface area contributed by atoms with E-state index in [1.165, 1.54) is 0 Å². The Bertz CT molecular complexity index is 754. The number of halogens is 3. The molecule has 0 spiro atoms. The number of carbonyl (C=O) groups excluding carboxylic acids is 3. The van der Waals surface area contributed by atoms with Gasteiger partial charge in [-0.25, -0.2) is 4.79 Å². The molecule has 3 saturated carbocycles. The van der Waals surface area contributed by atoms with Gasteiger partial charge in [0.05, 0.1) is 11.8 Å². The number of carbonyl (C=O) groups is 3. The van der Waals surface area contributed by atoms with Crippen LogP contribution in [0.1, 0.15) is 45.4 Å². The van der Waals surface area contributed by atoms with Gasteiger partial charge in [0, 0.05) is 11.8 Å². The lowest BCUT2D eigenvalue weighted by Gasteiger charge is -2.34. The van der Waals surface area contributed by atoms with E-state index in [1.54, 1.807) is 0 Å². The maximum Gasteiger partial charge on any atom is 0.422 e. The Hall–Kier alpha value is -2.06. The maximum absolute atomic E-state index is 13.0. The fraction of sp³-hybridized carbons (Fsp3) is 0.750. The van der Waals surface area contributed by atoms with E-state index >= 15 is 0 Å². The third-order valence-electron chi connectivity index (χ3n) is 7.13. The molecule has 0 aromatic rings. The number of esters is 3. The van der Waals surface area contributed by atoms with Crippen molar-refractivity contribution in [1.29, 1.82) is 0 Å². The first kappa shape index (κ1) is 20.2. The van der Waals surface area contributed by atoms with E-state index in [0.29, 0.717) is 12.8 Å². The van der Waals surface area contributed by atoms with Gasteiger partial charge in [0.1, 0.15) is 23.4 Å². The molecule has 6 atom stereocenters. The molecule has 0 aromatic carbocycles. The van der Waals surface area contributed by atoms with E-state index in [0.717, 1.165) is 25.7 Å². The Morgan fingerprint density at radius 3 is 2.48 bits per heavy atom. The van der Waals surface area contributed by atoms with Crippen LogP contribution >= 0.6 is 0 Å². The van der Waals surface area contributed by atoms with Crippen molar-refractivity contribution < 1.29 is 41.8 Å². The first-order valence-corrected chi connectivity index (χ1v) is 9.98. The summed E-state index contributed by atoms with van der Waals surface area (Å²) in [5.41, 5.74) is -2.19. The van der Waals surface area contributed by atoms with Crippen LogP contribution in [0.25, 0.3) is 0 Å². The van der Waals surface area contributed by atoms with Gasteiger partial charge >= 0.3 is 24.1 Å². The average molecular weight is 416 g/mol. The van der Waals surface area contributed by atoms with E-state index in [-0.39, 0.29) is 5.92 Å². The van der Waals surface area contributed by atoms with Gasteiger partial charge in [0.25, 0.3) is 0 Å². The molecule has 1 saturated heterocycles. The molecular weight excluding hydrogens is 393 g/mol. The normalized spacial score (nSPS) is 36.8. The predicted molar refractivity (Wildman–Crippen MR) is 91.1 cm³/mol. The van der Waals surface area contributed by atoms with Gasteiger partial charge < -0.3 is 14.2 Å². The third kappa shape index (κ3) is 3.13. The summed E-state index contributed by atoms with van der Waals surface area (Å²) < 4.78 is 54.5. The summed E-state index contributed by atoms with van der Waals surface area (Å²) in [6, 6.07) is 0. The van der Waals surface area contributed by atoms with E-state index in [9.17, 15) is 27.6 Å². The Balaban J connectivity index is 1.54. The van der Waals surface area contributed by atoms with Gasteiger partial charge in [-0.3, -0.25) is 9.59 Å². The van der Waals surface area contributed by atoms with E-state index in [2.05, 4.69) is 6.58 Å². The van der Waals surface area contributed by atoms with Crippen molar-refractivity contribution in [1.82, 2.24) is 0 Å². The molecule has 29 heavy (non-hydrogen) atoms. The minimum Gasteiger partial charge on any atom is -0.459 e. The number of rotatable bonds is 5. The number of fused-ring (bicyclic) bond motifs is 1. The molecule has 0 N–H and O–H groups in total. The highest BCUT2D eigenvalue weighted by Crippen LogP contribution is 2.59. The highest BCUT2D eigenvalue weighted by molar-refractivity contribution is 5.90. The lowest BCUT2D eigenvalue weighted by atomic mass is 9.78. The molecule has 1 aliphatic heterocycles. The largest absolute Gasteiger partial charge is 0.459 e. The fourth-order valence-electron chi connectivity index (χ4n) is 5.61. The molecule has 4 aliphatic rings. The third-order valence-corrected chi connectivity index (χ3v) is 7.13. The topological polar surface area (TPSA) is 78.9 Å². The van der Waals surface area contributed by atoms with Crippen LogP contribution in [0.4, 0.5) is 13.2 Å². The maximum atomic E-state index is 13.0. The van der Waals surface area contributed by atoms with Gasteiger partial charge in [-0.2, -0.15) is 13.2 Å². The van der Waals surface area contributed by atoms with Crippen LogP contribution in [0.3, 0.4) is 0 Å². The zero-order valence-corrected chi connectivity index (χ0v) is 16.0. The lowest BCUT2D eigenvalue weighted by molar-refractivity contribution is -0.176. The number of alkyl halides is 3. The van der Waals surface area contributed by atoms with Gasteiger partial charge in [0.2, 0.25) is 0 Å². The van der Waals surface area contributed by atoms with Crippen LogP contribution in [0, 0.1) is 23.7 Å². The highest BCUT2D eigenvalue weighted by atomic mass is 19.4. The molecule has 4 rings (SSSR count). The van der Waals surface area contributed by atoms with Gasteiger partial charge in [-0.15, -0.1) is 0 Å². The van der Waals surface area contributed by atoms with Crippen molar-refractivity contribution >= 4 is 17.9 Å². The summed E-state index contributed by atoms with van der Waals surface area (Å²) in [6.45, 7) is 4.69. The number of ether oxygens (including phenoxy) is 3. The lowest BCUT2D eigenvalue weighted by Crippen LogP contribution is -2.46. The van der Waals surface area contributed by atoms with Crippen LogP contribution in [0.2, 0.25) is 0 Å². The molecule has 0 aromatic heterocycles. The molecule has 6 nitrogen and oxygen atoms in total. The van der Waals surface area contributed by atoms with Crippen molar-refractivity contribution in [3.63, 3.8) is 0 Å². The molecular formula is C20H23F3O6. The van der Waals surface area contributed by atoms with Crippen molar-refractivity contribution in [2.45, 2.75) is 69.4 Å². The van der Waals surface area contributed by atoms with Crippen LogP contribution < -0.4 is 0 Å². The van der Waals surface area contributed by atoms with Crippen LogP contribution in [0.15, 0.2) is 12.2 Å². The summed E-state index contributed by atoms with van der Waals surface area (Å²) in [6.07, 6.45) is -2.42. The molecule has 0 radical (unpaired) electrons. The second-order valence-corrected chi connectivity index (χ2v) is 8.53. The summed E-state index contributed by atoms with van der Waals surface area (Å²) in [7, 11) is 0. The Labute approximate surface area is 165 Å². The molecule has 3 aliphatic carbocycles. The summed E-state index contributed by atoms with van der Waals surface area (Å²) in [4.78, 5) is 37.3. The minimum absolute atomic E-state index is 0.358. The zero-order chi connectivity index (χ0) is 21.1. The summed E-state index contributed by atoms with van der Waals surface area (Å²) in [5.74, 6) is -5.24. The van der Waals surface area contributed by atoms with Gasteiger partial charge in [0.15, 0.2) is 0 Å². The minimum atomic E-state index is -4.92. The summed E-state index contributed by atoms with van der Waals surface area (Å²) in [5, 5.41) is 0. The van der Waals surface area contributed by atoms with Gasteiger partial charge in [-0.1, -0.05) is 13.5 Å². The Morgan fingerprint density at radius 1 is 1.24 bits per heavy atom. The molecule has 2 bridgehead atoms. The highest BCUT2D eigenvalue weighted by Gasteiger charge is 2.70. The fourth-order valence-corrected chi connectivity index (χ4v) is 5.61. The quantitative estimate of drug-likeness (QED) is 0.389. The van der Waals surface area contributed by atoms with Crippen molar-refractivity contribution in [2.75, 3.05) is 0 Å². The number of hydrogen-bond donors (Lipinski definition) is 0. The standard InChI is InChI=1S/C20H23F3O6/c1-3-19(6-4-5-7-19)29-18(26)13-11-8-10-12(13)17(25)28-15(10)14(11)27-16(24)9(2)20(21,22)23/h10-15H,2-8H2,1H3. The van der Waals surface area contributed by atoms with Crippen LogP contribution in [-0.2, 0) is 28.6 Å². The molecule has 0 amide bonds. The molecule has 4 fully saturated rings.